The van der Waals surface area contributed by atoms with E-state index >= 15 is 0 Å². The Morgan fingerprint density at radius 3 is 2.23 bits per heavy atom. The number of fused-ring (bicyclic) bond motifs is 7. The molecule has 1 saturated heterocycles. The third kappa shape index (κ3) is 7.50. The lowest BCUT2D eigenvalue weighted by molar-refractivity contribution is -0.134. The first-order valence-corrected chi connectivity index (χ1v) is 19.6. The van der Waals surface area contributed by atoms with Gasteiger partial charge in [0.1, 0.15) is 5.82 Å². The minimum Gasteiger partial charge on any atom is -0.478 e. The highest BCUT2D eigenvalue weighted by Crippen LogP contribution is 2.43. The van der Waals surface area contributed by atoms with Gasteiger partial charge in [-0.15, -0.1) is 0 Å². The number of carbonyl (C=O) groups is 2. The van der Waals surface area contributed by atoms with Crippen LogP contribution in [0.5, 0.6) is 0 Å². The van der Waals surface area contributed by atoms with E-state index in [0.29, 0.717) is 36.3 Å². The number of carboxylic acids is 2. The van der Waals surface area contributed by atoms with Gasteiger partial charge in [-0.2, -0.15) is 0 Å². The fourth-order valence-corrected chi connectivity index (χ4v) is 9.11. The van der Waals surface area contributed by atoms with Crippen molar-refractivity contribution in [3.63, 3.8) is 0 Å². The van der Waals surface area contributed by atoms with Crippen LogP contribution in [0.4, 0.5) is 0 Å². The van der Waals surface area contributed by atoms with Crippen molar-refractivity contribution in [1.29, 1.82) is 0 Å². The number of aliphatic carboxylic acids is 2. The molecule has 3 aromatic heterocycles. The summed E-state index contributed by atoms with van der Waals surface area (Å²) in [6.07, 6.45) is 5.98. The van der Waals surface area contributed by atoms with E-state index < -0.39 is 11.9 Å². The van der Waals surface area contributed by atoms with Gasteiger partial charge in [0.2, 0.25) is 5.78 Å². The Kier molecular flexibility index (Phi) is 10.6. The number of benzene rings is 4. The number of para-hydroxylation sites is 4. The van der Waals surface area contributed by atoms with Crippen molar-refractivity contribution >= 4 is 39.8 Å². The maximum Gasteiger partial charge on any atom is 0.328 e. The number of nitrogens with zero attached hydrogens (tertiary/aromatic N) is 6. The van der Waals surface area contributed by atoms with Crippen LogP contribution in [0.25, 0.3) is 27.8 Å². The van der Waals surface area contributed by atoms with E-state index in [4.69, 9.17) is 20.2 Å². The largest absolute Gasteiger partial charge is 0.478 e. The molecule has 0 saturated carbocycles. The summed E-state index contributed by atoms with van der Waals surface area (Å²) >= 11 is 0. The number of carboxylic acid groups (broad SMARTS) is 2. The zero-order chi connectivity index (χ0) is 39.6. The molecule has 290 valence electrons. The maximum atomic E-state index is 14.1. The van der Waals surface area contributed by atoms with Crippen molar-refractivity contribution in [3.05, 3.63) is 159 Å². The van der Waals surface area contributed by atoms with Crippen molar-refractivity contribution in [2.75, 3.05) is 13.1 Å². The van der Waals surface area contributed by atoms with E-state index in [2.05, 4.69) is 94.4 Å². The molecule has 2 aliphatic rings. The SMILES string of the molecule is Cc1nc2n(C)c3ccccc3n2c(=O)c1CCN1CC[C@@H](C2c3ccccc3CCn3c2nc2ccccc23)C[C@@H]1Cc1ccccc1.O=C(O)/C=C/C(=O)O. The summed E-state index contributed by atoms with van der Waals surface area (Å²) < 4.78 is 6.33. The van der Waals surface area contributed by atoms with Crippen LogP contribution in [0, 0.1) is 12.8 Å². The molecule has 3 atom stereocenters. The molecule has 9 rings (SSSR count). The molecular weight excluding hydrogens is 717 g/mol. The minimum atomic E-state index is -1.26. The first-order valence-electron chi connectivity index (χ1n) is 19.6. The van der Waals surface area contributed by atoms with Crippen molar-refractivity contribution in [3.8, 4) is 0 Å². The van der Waals surface area contributed by atoms with E-state index in [1.54, 1.807) is 4.40 Å². The number of aromatic nitrogens is 5. The average molecular weight is 763 g/mol. The molecule has 0 aliphatic carbocycles. The molecule has 2 N–H and O–H groups in total. The van der Waals surface area contributed by atoms with Crippen LogP contribution in [-0.2, 0) is 42.4 Å². The van der Waals surface area contributed by atoms with Gasteiger partial charge in [0.15, 0.2) is 0 Å². The molecule has 7 aromatic rings. The molecule has 0 spiro atoms. The fraction of sp³-hybridized carbons (Fsp3) is 0.283. The van der Waals surface area contributed by atoms with Crippen LogP contribution in [0.1, 0.15) is 52.5 Å². The topological polar surface area (TPSA) is 135 Å². The van der Waals surface area contributed by atoms with E-state index in [1.165, 1.54) is 28.0 Å². The highest BCUT2D eigenvalue weighted by molar-refractivity contribution is 5.89. The molecule has 0 amide bonds. The van der Waals surface area contributed by atoms with E-state index in [9.17, 15) is 14.4 Å². The number of aryl methyl sites for hydroxylation is 4. The zero-order valence-corrected chi connectivity index (χ0v) is 32.2. The van der Waals surface area contributed by atoms with Gasteiger partial charge in [-0.1, -0.05) is 78.9 Å². The fourth-order valence-electron chi connectivity index (χ4n) is 9.11. The number of hydrogen-bond donors (Lipinski definition) is 2. The number of rotatable bonds is 8. The third-order valence-corrected chi connectivity index (χ3v) is 11.8. The second kappa shape index (κ2) is 16.0. The normalized spacial score (nSPS) is 18.2. The molecule has 1 unspecified atom stereocenters. The van der Waals surface area contributed by atoms with E-state index in [1.807, 2.05) is 36.7 Å². The van der Waals surface area contributed by atoms with Crippen LogP contribution in [0.15, 0.2) is 120 Å². The predicted octanol–water partition coefficient (Wildman–Crippen LogP) is 6.81. The maximum absolute atomic E-state index is 14.1. The lowest BCUT2D eigenvalue weighted by atomic mass is 9.75. The van der Waals surface area contributed by atoms with E-state index in [-0.39, 0.29) is 11.5 Å². The van der Waals surface area contributed by atoms with Gasteiger partial charge in [0.25, 0.3) is 5.56 Å². The van der Waals surface area contributed by atoms with Crippen LogP contribution >= 0.6 is 0 Å². The zero-order valence-electron chi connectivity index (χ0n) is 32.2. The summed E-state index contributed by atoms with van der Waals surface area (Å²) in [6.45, 7) is 4.78. The first-order chi connectivity index (χ1) is 27.7. The Balaban J connectivity index is 0.000000517. The third-order valence-electron chi connectivity index (χ3n) is 11.8. The number of piperidine rings is 1. The first kappa shape index (κ1) is 37.6. The molecule has 5 heterocycles. The van der Waals surface area contributed by atoms with Gasteiger partial charge in [-0.25, -0.2) is 24.0 Å². The van der Waals surface area contributed by atoms with Crippen molar-refractivity contribution < 1.29 is 19.8 Å². The van der Waals surface area contributed by atoms with Gasteiger partial charge in [-0.3, -0.25) is 9.69 Å². The monoisotopic (exact) mass is 762 g/mol. The van der Waals surface area contributed by atoms with Crippen molar-refractivity contribution in [2.45, 2.75) is 57.5 Å². The molecule has 2 aliphatic heterocycles. The van der Waals surface area contributed by atoms with Crippen LogP contribution < -0.4 is 5.56 Å². The Bertz CT molecular complexity index is 2680. The molecule has 57 heavy (non-hydrogen) atoms. The number of likely N-dealkylation sites (tertiary alicyclic amines) is 1. The Morgan fingerprint density at radius 2 is 1.47 bits per heavy atom. The molecule has 0 bridgehead atoms. The highest BCUT2D eigenvalue weighted by atomic mass is 16.4. The summed E-state index contributed by atoms with van der Waals surface area (Å²) in [5, 5.41) is 15.6. The lowest BCUT2D eigenvalue weighted by Gasteiger charge is -2.42. The van der Waals surface area contributed by atoms with E-state index in [0.717, 1.165) is 73.1 Å². The number of imidazole rings is 2. The van der Waals surface area contributed by atoms with Crippen molar-refractivity contribution in [1.82, 2.24) is 28.4 Å². The second-order valence-corrected chi connectivity index (χ2v) is 15.1. The summed E-state index contributed by atoms with van der Waals surface area (Å²) in [7, 11) is 1.99. The van der Waals surface area contributed by atoms with Gasteiger partial charge >= 0.3 is 11.9 Å². The Hall–Kier alpha value is -6.33. The van der Waals surface area contributed by atoms with Gasteiger partial charge in [0.05, 0.1) is 27.8 Å². The Labute approximate surface area is 330 Å². The van der Waals surface area contributed by atoms with Gasteiger partial charge < -0.3 is 19.3 Å². The minimum absolute atomic E-state index is 0.0581. The molecule has 11 heteroatoms. The quantitative estimate of drug-likeness (QED) is 0.161. The summed E-state index contributed by atoms with van der Waals surface area (Å²) in [5.41, 5.74) is 10.2. The average Bonchev–Trinajstić information content (AvgIpc) is 3.66. The summed E-state index contributed by atoms with van der Waals surface area (Å²) in [6, 6.07) is 37.1. The molecule has 4 aromatic carbocycles. The molecule has 11 nitrogen and oxygen atoms in total. The van der Waals surface area contributed by atoms with Gasteiger partial charge in [-0.05, 0) is 92.4 Å². The van der Waals surface area contributed by atoms with Crippen molar-refractivity contribution in [2.24, 2.45) is 13.0 Å². The molecular formula is C46H46N6O5. The van der Waals surface area contributed by atoms with Crippen LogP contribution in [0.3, 0.4) is 0 Å². The summed E-state index contributed by atoms with van der Waals surface area (Å²) in [4.78, 5) is 46.2. The van der Waals surface area contributed by atoms with Crippen LogP contribution in [-0.4, -0.2) is 69.7 Å². The molecule has 0 radical (unpaired) electrons. The predicted molar refractivity (Wildman–Crippen MR) is 221 cm³/mol. The van der Waals surface area contributed by atoms with Gasteiger partial charge in [0, 0.05) is 49.8 Å². The standard InChI is InChI=1S/C42H42N6O.C4H4O4/c1-28-33(41(49)48-38-19-11-10-18-37(38)45(2)42(48)43-28)22-24-46-23-20-31(27-32(46)26-29-12-4-3-5-13-29)39-34-15-7-6-14-30(34)21-25-47-36-17-9-8-16-35(36)44-40(39)47;5-3(6)1-2-4(7)8/h3-19,31-32,39H,20-27H2,1-2H3;1-2H,(H,5,6)(H,7,8)/b;2-1+/t31-,32+,39?;/m1./s1. The summed E-state index contributed by atoms with van der Waals surface area (Å²) in [5.74, 6) is 0.114. The number of hydrogen-bond acceptors (Lipinski definition) is 6. The Morgan fingerprint density at radius 1 is 0.807 bits per heavy atom. The highest BCUT2D eigenvalue weighted by Gasteiger charge is 2.38. The second-order valence-electron chi connectivity index (χ2n) is 15.1. The van der Waals surface area contributed by atoms with Crippen LogP contribution in [0.2, 0.25) is 0 Å². The smallest absolute Gasteiger partial charge is 0.328 e. The lowest BCUT2D eigenvalue weighted by Crippen LogP contribution is -2.46. The molecule has 1 fully saturated rings.